The summed E-state index contributed by atoms with van der Waals surface area (Å²) in [6.45, 7) is 6.15. The van der Waals surface area contributed by atoms with Crippen LogP contribution in [0.1, 0.15) is 43.5 Å². The molecule has 0 saturated carbocycles. The predicted molar refractivity (Wildman–Crippen MR) is 175 cm³/mol. The molecule has 3 aromatic rings. The van der Waals surface area contributed by atoms with Crippen LogP contribution in [0.4, 0.5) is 0 Å². The molecule has 0 unspecified atom stereocenters. The summed E-state index contributed by atoms with van der Waals surface area (Å²) in [6, 6.07) is 19.8. The van der Waals surface area contributed by atoms with Crippen molar-refractivity contribution in [3.63, 3.8) is 0 Å². The first-order valence-electron chi connectivity index (χ1n) is 13.9. The Morgan fingerprint density at radius 1 is 0.977 bits per heavy atom. The summed E-state index contributed by atoms with van der Waals surface area (Å²) < 4.78 is 23.8. The summed E-state index contributed by atoms with van der Waals surface area (Å²) in [5.74, 6) is 0.627. The normalized spacial score (nSPS) is 14.5. The lowest BCUT2D eigenvalue weighted by atomic mass is 9.95. The Balaban J connectivity index is 1.38. The van der Waals surface area contributed by atoms with Crippen molar-refractivity contribution in [2.75, 3.05) is 19.8 Å². The minimum Gasteiger partial charge on any atom is -0.490 e. The van der Waals surface area contributed by atoms with Gasteiger partial charge in [0.2, 0.25) is 0 Å². The molecule has 44 heavy (non-hydrogen) atoms. The third-order valence-electron chi connectivity index (χ3n) is 6.33. The zero-order valence-corrected chi connectivity index (χ0v) is 26.9. The van der Waals surface area contributed by atoms with Gasteiger partial charge in [-0.15, -0.1) is 0 Å². The Kier molecular flexibility index (Phi) is 11.7. The fraction of sp³-hybridized carbons (Fsp3) is 0.250. The first kappa shape index (κ1) is 32.5. The maximum Gasteiger partial charge on any atom is 0.338 e. The number of esters is 1. The lowest BCUT2D eigenvalue weighted by molar-refractivity contribution is -0.139. The number of carbonyl (C=O) groups is 2. The molecule has 12 heteroatoms. The number of ether oxygens (including phenoxy) is 4. The molecule has 4 rings (SSSR count). The molecule has 0 aliphatic carbocycles. The van der Waals surface area contributed by atoms with Crippen LogP contribution in [0.25, 0.3) is 0 Å². The number of para-hydroxylation sites is 1. The molecule has 1 aliphatic heterocycles. The van der Waals surface area contributed by atoms with Gasteiger partial charge in [0, 0.05) is 15.7 Å². The highest BCUT2D eigenvalue weighted by atomic mass is 79.9. The fourth-order valence-corrected chi connectivity index (χ4v) is 4.88. The second kappa shape index (κ2) is 15.9. The minimum atomic E-state index is -0.624. The molecule has 1 heterocycles. The zero-order valence-electron chi connectivity index (χ0n) is 24.5. The van der Waals surface area contributed by atoms with Crippen molar-refractivity contribution in [2.24, 2.45) is 5.10 Å². The van der Waals surface area contributed by atoms with E-state index in [4.69, 9.17) is 31.2 Å². The van der Waals surface area contributed by atoms with Crippen LogP contribution in [0.15, 0.2) is 87.6 Å². The number of thiocarbonyl (C=S) groups is 1. The van der Waals surface area contributed by atoms with Crippen LogP contribution in [0.3, 0.4) is 0 Å². The molecule has 10 nitrogen and oxygen atoms in total. The molecule has 3 aromatic carbocycles. The summed E-state index contributed by atoms with van der Waals surface area (Å²) in [6.07, 6.45) is 1.51. The van der Waals surface area contributed by atoms with Crippen LogP contribution >= 0.6 is 28.1 Å². The molecule has 0 fully saturated rings. The summed E-state index contributed by atoms with van der Waals surface area (Å²) in [5.41, 5.74) is 5.79. The first-order chi connectivity index (χ1) is 21.3. The molecule has 0 aromatic heterocycles. The number of halogens is 1. The van der Waals surface area contributed by atoms with E-state index in [1.54, 1.807) is 44.2 Å². The van der Waals surface area contributed by atoms with E-state index in [9.17, 15) is 9.59 Å². The lowest BCUT2D eigenvalue weighted by Gasteiger charge is -2.30. The summed E-state index contributed by atoms with van der Waals surface area (Å²) >= 11 is 8.76. The van der Waals surface area contributed by atoms with Gasteiger partial charge in [-0.2, -0.15) is 5.10 Å². The number of rotatable bonds is 13. The number of hydrogen-bond acceptors (Lipinski definition) is 8. The van der Waals surface area contributed by atoms with E-state index in [0.717, 1.165) is 10.0 Å². The first-order valence-corrected chi connectivity index (χ1v) is 15.1. The van der Waals surface area contributed by atoms with E-state index in [1.165, 1.54) is 6.21 Å². The van der Waals surface area contributed by atoms with Crippen molar-refractivity contribution in [3.8, 4) is 17.2 Å². The molecular formula is C32H33BrN4O6S. The summed E-state index contributed by atoms with van der Waals surface area (Å²) in [4.78, 5) is 25.3. The van der Waals surface area contributed by atoms with Crippen molar-refractivity contribution >= 4 is 51.4 Å². The number of nitrogens with zero attached hydrogens (tertiary/aromatic N) is 1. The molecule has 0 radical (unpaired) electrons. The topological polar surface area (TPSA) is 120 Å². The second-order valence-electron chi connectivity index (χ2n) is 9.46. The van der Waals surface area contributed by atoms with Crippen LogP contribution < -0.4 is 30.3 Å². The monoisotopic (exact) mass is 680 g/mol. The minimum absolute atomic E-state index is 0.225. The van der Waals surface area contributed by atoms with Crippen molar-refractivity contribution in [1.29, 1.82) is 0 Å². The number of nitrogens with one attached hydrogen (secondary N) is 3. The van der Waals surface area contributed by atoms with Crippen LogP contribution in [-0.2, 0) is 20.9 Å². The maximum absolute atomic E-state index is 12.7. The maximum atomic E-state index is 12.7. The molecule has 1 amide bonds. The third-order valence-corrected chi connectivity index (χ3v) is 7.08. The number of hydrazone groups is 1. The van der Waals surface area contributed by atoms with Gasteiger partial charge in [-0.05, 0) is 80.5 Å². The van der Waals surface area contributed by atoms with Crippen LogP contribution in [-0.4, -0.2) is 43.0 Å². The van der Waals surface area contributed by atoms with Gasteiger partial charge < -0.3 is 29.6 Å². The van der Waals surface area contributed by atoms with Crippen molar-refractivity contribution in [1.82, 2.24) is 16.1 Å². The highest BCUT2D eigenvalue weighted by Gasteiger charge is 2.32. The number of benzene rings is 3. The molecule has 0 spiro atoms. The molecule has 230 valence electrons. The van der Waals surface area contributed by atoms with Gasteiger partial charge in [0.25, 0.3) is 5.91 Å². The molecule has 0 bridgehead atoms. The van der Waals surface area contributed by atoms with E-state index in [1.807, 2.05) is 43.3 Å². The Bertz CT molecular complexity index is 1560. The van der Waals surface area contributed by atoms with Crippen LogP contribution in [0, 0.1) is 0 Å². The Labute approximate surface area is 269 Å². The standard InChI is InChI=1S/C32H33BrN4O6S/c1-4-40-27-16-22(12-15-26(27)42-18-21-10-13-23(33)14-11-21)17-34-37-28(38)19-43-25-9-7-6-8-24(25)30-29(31(39)41-5-2)20(3)35-32(44)36-30/h6-17,30H,4-5,18-19H2,1-3H3,(H,37,38)(H2,35,36,44)/t30-/m0/s1. The average molecular weight is 682 g/mol. The van der Waals surface area contributed by atoms with Gasteiger partial charge in [-0.3, -0.25) is 4.79 Å². The quantitative estimate of drug-likeness (QED) is 0.0955. The third kappa shape index (κ3) is 8.80. The number of allylic oxidation sites excluding steroid dienone is 1. The predicted octanol–water partition coefficient (Wildman–Crippen LogP) is 5.31. The number of hydrogen-bond donors (Lipinski definition) is 3. The molecule has 1 aliphatic rings. The van der Waals surface area contributed by atoms with Crippen molar-refractivity contribution < 1.29 is 28.5 Å². The van der Waals surface area contributed by atoms with E-state index >= 15 is 0 Å². The smallest absolute Gasteiger partial charge is 0.338 e. The van der Waals surface area contributed by atoms with E-state index in [0.29, 0.717) is 58.0 Å². The molecule has 0 saturated heterocycles. The summed E-state index contributed by atoms with van der Waals surface area (Å²) in [7, 11) is 0. The highest BCUT2D eigenvalue weighted by molar-refractivity contribution is 9.10. The van der Waals surface area contributed by atoms with Gasteiger partial charge in [0.15, 0.2) is 23.2 Å². The van der Waals surface area contributed by atoms with Gasteiger partial charge in [-0.1, -0.05) is 46.3 Å². The molecule has 3 N–H and O–H groups in total. The SMILES string of the molecule is CCOC(=O)C1=C(C)NC(=S)N[C@H]1c1ccccc1OCC(=O)NN=Cc1ccc(OCc2ccc(Br)cc2)c(OCC)c1. The van der Waals surface area contributed by atoms with Gasteiger partial charge in [0.1, 0.15) is 12.4 Å². The average Bonchev–Trinajstić information content (AvgIpc) is 3.00. The largest absolute Gasteiger partial charge is 0.490 e. The van der Waals surface area contributed by atoms with Gasteiger partial charge in [0.05, 0.1) is 31.0 Å². The second-order valence-corrected chi connectivity index (χ2v) is 10.8. The summed E-state index contributed by atoms with van der Waals surface area (Å²) in [5, 5.41) is 10.5. The number of amides is 1. The van der Waals surface area contributed by atoms with Crippen LogP contribution in [0.5, 0.6) is 17.2 Å². The number of carbonyl (C=O) groups excluding carboxylic acids is 2. The lowest BCUT2D eigenvalue weighted by Crippen LogP contribution is -2.45. The molecular weight excluding hydrogens is 648 g/mol. The zero-order chi connectivity index (χ0) is 31.5. The van der Waals surface area contributed by atoms with E-state index < -0.39 is 17.9 Å². The van der Waals surface area contributed by atoms with Gasteiger partial charge >= 0.3 is 5.97 Å². The van der Waals surface area contributed by atoms with Crippen molar-refractivity contribution in [2.45, 2.75) is 33.4 Å². The van der Waals surface area contributed by atoms with Crippen molar-refractivity contribution in [3.05, 3.63) is 99.2 Å². The Morgan fingerprint density at radius 3 is 2.50 bits per heavy atom. The molecule has 1 atom stereocenters. The van der Waals surface area contributed by atoms with E-state index in [-0.39, 0.29) is 13.2 Å². The van der Waals surface area contributed by atoms with Crippen LogP contribution in [0.2, 0.25) is 0 Å². The fourth-order valence-electron chi connectivity index (χ4n) is 4.35. The Morgan fingerprint density at radius 2 is 1.75 bits per heavy atom. The highest BCUT2D eigenvalue weighted by Crippen LogP contribution is 2.34. The Hall–Kier alpha value is -4.42. The van der Waals surface area contributed by atoms with Gasteiger partial charge in [-0.25, -0.2) is 10.2 Å². The van der Waals surface area contributed by atoms with E-state index in [2.05, 4.69) is 37.1 Å².